The van der Waals surface area contributed by atoms with Crippen LogP contribution in [-0.4, -0.2) is 0 Å². The van der Waals surface area contributed by atoms with Crippen LogP contribution in [0.5, 0.6) is 0 Å². The molecule has 0 aliphatic carbocycles. The molecule has 0 aliphatic rings. The van der Waals surface area contributed by atoms with Crippen molar-refractivity contribution in [3.8, 4) is 11.1 Å². The second kappa shape index (κ2) is 131. The van der Waals surface area contributed by atoms with Gasteiger partial charge in [-0.3, -0.25) is 0 Å². The Labute approximate surface area is 1090 Å². The Kier molecular flexibility index (Phi) is 474. The van der Waals surface area contributed by atoms with Gasteiger partial charge in [0.1, 0.15) is 0 Å². The Morgan fingerprint density at radius 3 is 0.961 bits per heavy atom. The summed E-state index contributed by atoms with van der Waals surface area (Å²) in [5.41, 5.74) is 2.22. The summed E-state index contributed by atoms with van der Waals surface area (Å²) in [5, 5.41) is 4.83. The van der Waals surface area contributed by atoms with Gasteiger partial charge in [0, 0.05) is 1010 Å². The predicted octanol–water partition coefficient (Wildman–Crippen LogP) is 5.18. The van der Waals surface area contributed by atoms with Crippen LogP contribution in [0.1, 0.15) is 0 Å². The molecule has 0 heterocycles. The zero-order valence-corrected chi connectivity index (χ0v) is 117. The molecule has 0 N–H and O–H groups in total. The first kappa shape index (κ1) is 184. The Morgan fingerprint density at radius 2 is 0.588 bits per heavy atom. The van der Waals surface area contributed by atoms with Crippen molar-refractivity contribution in [1.82, 2.24) is 0 Å². The molecule has 0 nitrogen and oxygen atoms in total. The third-order valence-electron chi connectivity index (χ3n) is 3.65. The summed E-state index contributed by atoms with van der Waals surface area (Å²) in [6, 6.07) is 32.0. The molecule has 31 heteroatoms. The summed E-state index contributed by atoms with van der Waals surface area (Å²) in [6.07, 6.45) is 0. The molecule has 0 bridgehead atoms. The molecule has 51 heavy (non-hydrogen) atoms. The Hall–Kier alpha value is 31.6. The van der Waals surface area contributed by atoms with Gasteiger partial charge in [-0.2, -0.15) is 29.8 Å². The topological polar surface area (TPSA) is 0 Å². The second-order valence-corrected chi connectivity index (χ2v) is 4.90. The molecule has 0 spiro atoms. The average molecular weight is 3010 g/mol. The van der Waals surface area contributed by atoms with Crippen LogP contribution in [0, 0.1) is 12.1 Å². The minimum absolute atomic E-state index is 0. The molecule has 0 fully saturated rings. The minimum Gasteiger partial charge on any atom is -0.202 e. The first-order valence-corrected chi connectivity index (χ1v) is 6.73. The first-order chi connectivity index (χ1) is 9.92. The normalized spacial score (nSPS) is 4.31. The third kappa shape index (κ3) is 88.1. The molecule has 31 radical (unpaired) electrons. The van der Waals surface area contributed by atoms with E-state index in [-0.39, 0.29) is 1010 Å². The Bertz CT molecular complexity index is 947. The Morgan fingerprint density at radius 1 is 0.275 bits per heavy atom. The SMILES string of the molecule is [Y].[Y].[Y].[Y].[Y].[Y].[Y].[Y].[Y].[Y].[Y].[Y].[Y].[Y].[Y].[Y].[Y].[Y].[Y].[Y].[Y].[Y].[Y].[Y].[Y].[Y].[Y].[Y].[Y].[Y].[Y].[c-]1ccc2ccccc2c1-c1[c-]c2ccccc2cc1. The zero-order valence-electron chi connectivity index (χ0n) is 28.8. The van der Waals surface area contributed by atoms with E-state index in [1.807, 2.05) is 6.07 Å². The molecule has 0 atom stereocenters. The number of rotatable bonds is 1. The van der Waals surface area contributed by atoms with E-state index in [0.29, 0.717) is 0 Å². The van der Waals surface area contributed by atoms with Gasteiger partial charge < -0.3 is 0 Å². The van der Waals surface area contributed by atoms with E-state index in [9.17, 15) is 0 Å². The quantitative estimate of drug-likeness (QED) is 0.231. The van der Waals surface area contributed by atoms with Crippen molar-refractivity contribution in [2.24, 2.45) is 0 Å². The van der Waals surface area contributed by atoms with Gasteiger partial charge in [-0.15, -0.1) is 40.4 Å². The number of hydrogen-bond donors (Lipinski definition) is 0. The van der Waals surface area contributed by atoms with E-state index in [1.54, 1.807) is 0 Å². The molecule has 0 amide bonds. The fraction of sp³-hybridized carbons (Fsp3) is 0. The summed E-state index contributed by atoms with van der Waals surface area (Å²) in [4.78, 5) is 0. The van der Waals surface area contributed by atoms with Crippen molar-refractivity contribution in [2.75, 3.05) is 0 Å². The monoisotopic (exact) mass is 3010 g/mol. The van der Waals surface area contributed by atoms with Gasteiger partial charge in [-0.05, 0) is 0 Å². The smallest absolute Gasteiger partial charge is 0 e. The molecule has 187 valence electrons. The molecule has 0 aromatic heterocycles. The van der Waals surface area contributed by atoms with Crippen molar-refractivity contribution in [1.29, 1.82) is 0 Å². The van der Waals surface area contributed by atoms with Crippen LogP contribution in [-0.2, 0) is 1010 Å². The zero-order chi connectivity index (χ0) is 13.4. The summed E-state index contributed by atoms with van der Waals surface area (Å²) in [7, 11) is 0. The molecule has 4 aromatic carbocycles. The van der Waals surface area contributed by atoms with Gasteiger partial charge in [0.15, 0.2) is 0 Å². The maximum absolute atomic E-state index is 3.50. The standard InChI is InChI=1S/C20H12.31Y/c1-2-8-17-14-18(13-12-15(17)6-1)20-11-5-9-16-7-3-4-10-19(16)20;;;;;;;;;;;;;;;;;;;;;;;;;;;;;;;/h1-10,12-13H;;;;;;;;;;;;;;;;;;;;;;;;;;;;;;;/q-2;;;;;;;;;;;;;;;;;;;;;;;;;;;;;;;. The van der Waals surface area contributed by atoms with E-state index >= 15 is 0 Å². The van der Waals surface area contributed by atoms with Gasteiger partial charge in [0.25, 0.3) is 0 Å². The fourth-order valence-electron chi connectivity index (χ4n) is 2.65. The number of benzene rings is 4. The summed E-state index contributed by atoms with van der Waals surface area (Å²) < 4.78 is 0. The first-order valence-electron chi connectivity index (χ1n) is 6.73. The van der Waals surface area contributed by atoms with Crippen molar-refractivity contribution >= 4 is 21.5 Å². The van der Waals surface area contributed by atoms with E-state index in [4.69, 9.17) is 0 Å². The van der Waals surface area contributed by atoms with Gasteiger partial charge in [0.05, 0.1) is 0 Å². The Balaban J connectivity index is -0.00000000656. The predicted molar refractivity (Wildman–Crippen MR) is 84.6 cm³/mol. The molecule has 0 unspecified atom stereocenters. The van der Waals surface area contributed by atoms with E-state index in [1.165, 1.54) is 16.2 Å². The number of fused-ring (bicyclic) bond motifs is 2. The molecule has 4 rings (SSSR count). The molecular formula is C20H12Y31-2. The van der Waals surface area contributed by atoms with Gasteiger partial charge >= 0.3 is 0 Å². The van der Waals surface area contributed by atoms with Crippen molar-refractivity contribution in [3.05, 3.63) is 84.9 Å². The molecule has 4 aromatic rings. The molecule has 0 saturated heterocycles. The van der Waals surface area contributed by atoms with Crippen LogP contribution in [0.25, 0.3) is 32.7 Å². The third-order valence-corrected chi connectivity index (χ3v) is 3.65. The molecular weight excluding hydrogens is 3000 g/mol. The summed E-state index contributed by atoms with van der Waals surface area (Å²) in [5.74, 6) is 0. The van der Waals surface area contributed by atoms with E-state index in [0.717, 1.165) is 16.5 Å². The van der Waals surface area contributed by atoms with Crippen LogP contribution < -0.4 is 0 Å². The van der Waals surface area contributed by atoms with Crippen molar-refractivity contribution < 1.29 is 1010 Å². The fourth-order valence-corrected chi connectivity index (χ4v) is 2.65. The van der Waals surface area contributed by atoms with Crippen molar-refractivity contribution in [2.45, 2.75) is 0 Å². The van der Waals surface area contributed by atoms with Crippen LogP contribution in [0.15, 0.2) is 72.8 Å². The maximum Gasteiger partial charge on any atom is 0 e. The second-order valence-electron chi connectivity index (χ2n) is 4.90. The van der Waals surface area contributed by atoms with Crippen LogP contribution in [0.2, 0.25) is 0 Å². The van der Waals surface area contributed by atoms with Crippen LogP contribution in [0.3, 0.4) is 0 Å². The van der Waals surface area contributed by atoms with Crippen LogP contribution >= 0.6 is 0 Å². The summed E-state index contributed by atoms with van der Waals surface area (Å²) >= 11 is 0. The van der Waals surface area contributed by atoms with E-state index < -0.39 is 0 Å². The number of hydrogen-bond acceptors (Lipinski definition) is 0. The van der Waals surface area contributed by atoms with Crippen LogP contribution in [0.4, 0.5) is 0 Å². The average Bonchev–Trinajstić information content (AvgIpc) is 2.54. The van der Waals surface area contributed by atoms with E-state index in [2.05, 4.69) is 78.9 Å². The van der Waals surface area contributed by atoms with Gasteiger partial charge in [0.2, 0.25) is 0 Å². The molecule has 0 saturated carbocycles. The maximum atomic E-state index is 3.50. The minimum atomic E-state index is 0. The molecule has 0 aliphatic heterocycles. The largest absolute Gasteiger partial charge is 0.202 e. The summed E-state index contributed by atoms with van der Waals surface area (Å²) in [6.45, 7) is 0. The van der Waals surface area contributed by atoms with Gasteiger partial charge in [-0.25, -0.2) is 5.56 Å². The van der Waals surface area contributed by atoms with Crippen molar-refractivity contribution in [3.63, 3.8) is 0 Å². The van der Waals surface area contributed by atoms with Gasteiger partial charge in [-0.1, -0.05) is 41.8 Å².